The van der Waals surface area contributed by atoms with Gasteiger partial charge in [-0.2, -0.15) is 0 Å². The molecule has 6 heteroatoms. The molecule has 0 saturated carbocycles. The molecular weight excluding hydrogens is 280 g/mol. The van der Waals surface area contributed by atoms with Crippen LogP contribution in [0.4, 0.5) is 10.5 Å². The summed E-state index contributed by atoms with van der Waals surface area (Å²) >= 11 is 5.88. The van der Waals surface area contributed by atoms with E-state index in [4.69, 9.17) is 16.7 Å². The monoisotopic (exact) mass is 298 g/mol. The van der Waals surface area contributed by atoms with Gasteiger partial charge in [-0.15, -0.1) is 0 Å². The van der Waals surface area contributed by atoms with Crippen molar-refractivity contribution in [1.29, 1.82) is 0 Å². The highest BCUT2D eigenvalue weighted by Gasteiger charge is 2.20. The SMILES string of the molecule is CCCC(C)NC(=O)N(CC(=O)O)c1cccc(Cl)c1. The van der Waals surface area contributed by atoms with Gasteiger partial charge in [0.25, 0.3) is 0 Å². The molecule has 1 aromatic carbocycles. The predicted molar refractivity (Wildman–Crippen MR) is 79.3 cm³/mol. The van der Waals surface area contributed by atoms with Crippen LogP contribution in [0.1, 0.15) is 26.7 Å². The number of halogens is 1. The van der Waals surface area contributed by atoms with E-state index in [0.717, 1.165) is 12.8 Å². The zero-order valence-electron chi connectivity index (χ0n) is 11.6. The molecule has 0 radical (unpaired) electrons. The van der Waals surface area contributed by atoms with E-state index in [1.54, 1.807) is 24.3 Å². The summed E-state index contributed by atoms with van der Waals surface area (Å²) < 4.78 is 0. The van der Waals surface area contributed by atoms with Gasteiger partial charge >= 0.3 is 12.0 Å². The first-order valence-corrected chi connectivity index (χ1v) is 6.87. The van der Waals surface area contributed by atoms with Gasteiger partial charge in [-0.25, -0.2) is 4.79 Å². The van der Waals surface area contributed by atoms with Crippen LogP contribution in [0.5, 0.6) is 0 Å². The van der Waals surface area contributed by atoms with Crippen molar-refractivity contribution in [3.63, 3.8) is 0 Å². The van der Waals surface area contributed by atoms with E-state index in [0.29, 0.717) is 10.7 Å². The Morgan fingerprint density at radius 3 is 2.70 bits per heavy atom. The molecule has 0 spiro atoms. The minimum Gasteiger partial charge on any atom is -0.480 e. The maximum Gasteiger partial charge on any atom is 0.323 e. The van der Waals surface area contributed by atoms with Gasteiger partial charge in [0.2, 0.25) is 0 Å². The van der Waals surface area contributed by atoms with Gasteiger partial charge in [0.05, 0.1) is 0 Å². The summed E-state index contributed by atoms with van der Waals surface area (Å²) in [6, 6.07) is 6.11. The van der Waals surface area contributed by atoms with Crippen molar-refractivity contribution < 1.29 is 14.7 Å². The molecule has 0 fully saturated rings. The highest BCUT2D eigenvalue weighted by atomic mass is 35.5. The largest absolute Gasteiger partial charge is 0.480 e. The third-order valence-electron chi connectivity index (χ3n) is 2.75. The Hall–Kier alpha value is -1.75. The Morgan fingerprint density at radius 2 is 2.15 bits per heavy atom. The van der Waals surface area contributed by atoms with Crippen molar-refractivity contribution in [1.82, 2.24) is 5.32 Å². The molecule has 0 aliphatic rings. The summed E-state index contributed by atoms with van der Waals surface area (Å²) in [6.45, 7) is 3.50. The number of hydrogen-bond acceptors (Lipinski definition) is 2. The number of rotatable bonds is 6. The van der Waals surface area contributed by atoms with Crippen LogP contribution in [0.15, 0.2) is 24.3 Å². The number of aliphatic carboxylic acids is 1. The lowest BCUT2D eigenvalue weighted by Gasteiger charge is -2.24. The van der Waals surface area contributed by atoms with Crippen molar-refractivity contribution in [2.24, 2.45) is 0 Å². The summed E-state index contributed by atoms with van der Waals surface area (Å²) in [4.78, 5) is 24.3. The molecule has 0 aliphatic heterocycles. The Labute approximate surface area is 123 Å². The molecule has 1 unspecified atom stereocenters. The number of nitrogens with one attached hydrogen (secondary N) is 1. The third-order valence-corrected chi connectivity index (χ3v) is 2.99. The summed E-state index contributed by atoms with van der Waals surface area (Å²) in [7, 11) is 0. The highest BCUT2D eigenvalue weighted by Crippen LogP contribution is 2.19. The molecule has 0 saturated heterocycles. The first-order valence-electron chi connectivity index (χ1n) is 6.49. The van der Waals surface area contributed by atoms with E-state index in [2.05, 4.69) is 5.32 Å². The number of nitrogens with zero attached hydrogens (tertiary/aromatic N) is 1. The fraction of sp³-hybridized carbons (Fsp3) is 0.429. The maximum atomic E-state index is 12.2. The molecular formula is C14H19ClN2O3. The van der Waals surface area contributed by atoms with Crippen LogP contribution in [0, 0.1) is 0 Å². The normalized spacial score (nSPS) is 11.8. The summed E-state index contributed by atoms with van der Waals surface area (Å²) in [6.07, 6.45) is 1.78. The van der Waals surface area contributed by atoms with E-state index in [1.807, 2.05) is 13.8 Å². The van der Waals surface area contributed by atoms with E-state index in [9.17, 15) is 9.59 Å². The Kier molecular flexibility index (Phi) is 6.31. The molecule has 0 bridgehead atoms. The number of urea groups is 1. The van der Waals surface area contributed by atoms with E-state index in [1.165, 1.54) is 4.90 Å². The van der Waals surface area contributed by atoms with Crippen molar-refractivity contribution in [2.45, 2.75) is 32.7 Å². The van der Waals surface area contributed by atoms with Gasteiger partial charge in [-0.3, -0.25) is 9.69 Å². The molecule has 0 aliphatic carbocycles. The lowest BCUT2D eigenvalue weighted by Crippen LogP contribution is -2.46. The molecule has 1 rings (SSSR count). The van der Waals surface area contributed by atoms with E-state index in [-0.39, 0.29) is 6.04 Å². The molecule has 1 atom stereocenters. The minimum atomic E-state index is -1.08. The van der Waals surface area contributed by atoms with Crippen molar-refractivity contribution in [3.8, 4) is 0 Å². The number of anilines is 1. The van der Waals surface area contributed by atoms with Gasteiger partial charge in [0, 0.05) is 16.8 Å². The number of carbonyl (C=O) groups excluding carboxylic acids is 1. The van der Waals surface area contributed by atoms with Gasteiger partial charge < -0.3 is 10.4 Å². The van der Waals surface area contributed by atoms with Crippen molar-refractivity contribution >= 4 is 29.3 Å². The number of carboxylic acids is 1. The summed E-state index contributed by atoms with van der Waals surface area (Å²) in [5, 5.41) is 12.2. The lowest BCUT2D eigenvalue weighted by molar-refractivity contribution is -0.135. The zero-order valence-corrected chi connectivity index (χ0v) is 12.4. The second-order valence-corrected chi connectivity index (χ2v) is 5.04. The van der Waals surface area contributed by atoms with Crippen LogP contribution in [0.3, 0.4) is 0 Å². The van der Waals surface area contributed by atoms with Crippen LogP contribution in [0.25, 0.3) is 0 Å². The molecule has 110 valence electrons. The van der Waals surface area contributed by atoms with Gasteiger partial charge in [0.15, 0.2) is 0 Å². The molecule has 2 N–H and O–H groups in total. The smallest absolute Gasteiger partial charge is 0.323 e. The van der Waals surface area contributed by atoms with Gasteiger partial charge in [0.1, 0.15) is 6.54 Å². The average Bonchev–Trinajstić information content (AvgIpc) is 2.35. The Morgan fingerprint density at radius 1 is 1.45 bits per heavy atom. The minimum absolute atomic E-state index is 0.0111. The predicted octanol–water partition coefficient (Wildman–Crippen LogP) is 3.13. The maximum absolute atomic E-state index is 12.2. The summed E-state index contributed by atoms with van der Waals surface area (Å²) in [5.74, 6) is -1.08. The summed E-state index contributed by atoms with van der Waals surface area (Å²) in [5.41, 5.74) is 0.459. The quantitative estimate of drug-likeness (QED) is 0.847. The lowest BCUT2D eigenvalue weighted by atomic mass is 10.2. The second-order valence-electron chi connectivity index (χ2n) is 4.60. The number of amides is 2. The van der Waals surface area contributed by atoms with Crippen LogP contribution in [0.2, 0.25) is 5.02 Å². The number of benzene rings is 1. The van der Waals surface area contributed by atoms with Crippen LogP contribution >= 0.6 is 11.6 Å². The topological polar surface area (TPSA) is 69.6 Å². The van der Waals surface area contributed by atoms with Gasteiger partial charge in [-0.1, -0.05) is 31.0 Å². The standard InChI is InChI=1S/C14H19ClN2O3/c1-3-5-10(2)16-14(20)17(9-13(18)19)12-7-4-6-11(15)8-12/h4,6-8,10H,3,5,9H2,1-2H3,(H,16,20)(H,18,19). The number of carbonyl (C=O) groups is 2. The zero-order chi connectivity index (χ0) is 15.1. The van der Waals surface area contributed by atoms with Crippen LogP contribution in [-0.2, 0) is 4.79 Å². The average molecular weight is 299 g/mol. The van der Waals surface area contributed by atoms with Crippen molar-refractivity contribution in [2.75, 3.05) is 11.4 Å². The molecule has 2 amide bonds. The first-order chi connectivity index (χ1) is 9.43. The highest BCUT2D eigenvalue weighted by molar-refractivity contribution is 6.30. The van der Waals surface area contributed by atoms with Crippen molar-refractivity contribution in [3.05, 3.63) is 29.3 Å². The van der Waals surface area contributed by atoms with E-state index < -0.39 is 18.5 Å². The molecule has 0 aromatic heterocycles. The molecule has 1 aromatic rings. The fourth-order valence-corrected chi connectivity index (χ4v) is 2.04. The second kappa shape index (κ2) is 7.75. The molecule has 0 heterocycles. The molecule has 20 heavy (non-hydrogen) atoms. The van der Waals surface area contributed by atoms with Crippen LogP contribution < -0.4 is 10.2 Å². The Bertz CT molecular complexity index is 479. The van der Waals surface area contributed by atoms with Crippen LogP contribution in [-0.4, -0.2) is 29.7 Å². The molecule has 5 nitrogen and oxygen atoms in total. The third kappa shape index (κ3) is 5.09. The Balaban J connectivity index is 2.89. The number of carboxylic acid groups (broad SMARTS) is 1. The van der Waals surface area contributed by atoms with E-state index >= 15 is 0 Å². The van der Waals surface area contributed by atoms with Gasteiger partial charge in [-0.05, 0) is 31.5 Å². The fourth-order valence-electron chi connectivity index (χ4n) is 1.85. The number of hydrogen-bond donors (Lipinski definition) is 2. The first kappa shape index (κ1) is 16.3.